The predicted molar refractivity (Wildman–Crippen MR) is 347 cm³/mol. The van der Waals surface area contributed by atoms with Gasteiger partial charge in [0.2, 0.25) is 0 Å². The maximum Gasteiger partial charge on any atom is 0.159 e. The van der Waals surface area contributed by atoms with Gasteiger partial charge in [0.25, 0.3) is 0 Å². The summed E-state index contributed by atoms with van der Waals surface area (Å²) in [6.45, 7) is 9.39. The van der Waals surface area contributed by atoms with Crippen molar-refractivity contribution in [2.24, 2.45) is 0 Å². The van der Waals surface area contributed by atoms with Gasteiger partial charge >= 0.3 is 0 Å². The van der Waals surface area contributed by atoms with Gasteiger partial charge in [-0.05, 0) is 169 Å². The van der Waals surface area contributed by atoms with Gasteiger partial charge in [0.05, 0.1) is 24.9 Å². The second-order valence-corrected chi connectivity index (χ2v) is 28.7. The molecule has 0 saturated carbocycles. The van der Waals surface area contributed by atoms with E-state index in [0.29, 0.717) is 0 Å². The highest BCUT2D eigenvalue weighted by atomic mass is 28.3. The van der Waals surface area contributed by atoms with Crippen LogP contribution in [0.2, 0.25) is 19.6 Å². The fourth-order valence-corrected chi connectivity index (χ4v) is 15.4. The van der Waals surface area contributed by atoms with Crippen LogP contribution in [0.1, 0.15) is 27.8 Å². The number of nitrogens with zero attached hydrogens (tertiary/aromatic N) is 2. The molecule has 1 atom stereocenters. The van der Waals surface area contributed by atoms with Gasteiger partial charge < -0.3 is 18.6 Å². The zero-order valence-electron chi connectivity index (χ0n) is 46.0. The average Bonchev–Trinajstić information content (AvgIpc) is 3.18. The number of aryl methyl sites for hydroxylation is 1. The van der Waals surface area contributed by atoms with E-state index < -0.39 is 13.5 Å². The molecule has 0 saturated heterocycles. The molecule has 4 nitrogen and oxygen atoms in total. The summed E-state index contributed by atoms with van der Waals surface area (Å²) in [4.78, 5) is 4.78. The lowest BCUT2D eigenvalue weighted by molar-refractivity contribution is 0.668. The minimum absolute atomic E-state index is 0.644. The number of para-hydroxylation sites is 4. The molecule has 2 heterocycles. The largest absolute Gasteiger partial charge is 0.454 e. The Balaban J connectivity index is 0.908. The van der Waals surface area contributed by atoms with Gasteiger partial charge in [-0.3, -0.25) is 0 Å². The molecule has 1 unspecified atom stereocenters. The Labute approximate surface area is 476 Å². The second-order valence-electron chi connectivity index (χ2n) is 23.6. The molecular weight excluding hydrogens is 1010 g/mol. The van der Waals surface area contributed by atoms with Crippen molar-refractivity contribution in [3.05, 3.63) is 283 Å². The molecule has 2 aromatic heterocycles. The molecule has 0 bridgehead atoms. The third-order valence-electron chi connectivity index (χ3n) is 18.0. The van der Waals surface area contributed by atoms with Crippen molar-refractivity contribution in [3.8, 4) is 22.3 Å². The summed E-state index contributed by atoms with van der Waals surface area (Å²) in [5.74, 6) is 0. The molecule has 5 heteroatoms. The van der Waals surface area contributed by atoms with Crippen LogP contribution in [0, 0.1) is 6.92 Å². The van der Waals surface area contributed by atoms with E-state index in [-0.39, 0.29) is 0 Å². The predicted octanol–water partition coefficient (Wildman–Crippen LogP) is 21.1. The summed E-state index contributed by atoms with van der Waals surface area (Å²) in [7, 11) is -1.58. The summed E-state index contributed by atoms with van der Waals surface area (Å²) in [6.07, 6.45) is 0. The van der Waals surface area contributed by atoms with Crippen LogP contribution in [0.3, 0.4) is 0 Å². The van der Waals surface area contributed by atoms with Gasteiger partial charge in [0.15, 0.2) is 11.2 Å². The molecule has 1 spiro atoms. The van der Waals surface area contributed by atoms with E-state index in [2.05, 4.69) is 285 Å². The standard InChI is InChI=1S/C77H54N2O2Si/c1-47-27-32-52(33-28-47)78(69-23-13-20-62-59-17-8-11-25-71(59)80-75(62)69)54-34-29-49-45-65-61-40-30-50-43-55(79(53-35-38-56(39-36-53)82(2,3)4)70-24-14-21-63-60-18-9-12-26-72(60)81-76(63)70)37-41-58(50)74(61)77(68(65)46-51(49)44-54)66-22-10-7-19-64(66)73-57-16-6-5-15-48(57)31-42-67(73)77/h5-46H,1-4H3. The zero-order valence-corrected chi connectivity index (χ0v) is 47.0. The van der Waals surface area contributed by atoms with E-state index in [0.717, 1.165) is 78.0 Å². The molecule has 13 aromatic carbocycles. The highest BCUT2D eigenvalue weighted by molar-refractivity contribution is 6.88. The minimum Gasteiger partial charge on any atom is -0.454 e. The topological polar surface area (TPSA) is 32.8 Å². The number of hydrogen-bond acceptors (Lipinski definition) is 4. The van der Waals surface area contributed by atoms with Gasteiger partial charge in [-0.25, -0.2) is 0 Å². The molecule has 17 rings (SSSR count). The maximum atomic E-state index is 6.82. The molecule has 0 amide bonds. The van der Waals surface area contributed by atoms with Crippen LogP contribution in [0.4, 0.5) is 34.1 Å². The van der Waals surface area contributed by atoms with Crippen LogP contribution in [0.5, 0.6) is 0 Å². The first-order valence-corrected chi connectivity index (χ1v) is 32.1. The maximum absolute atomic E-state index is 6.82. The first-order chi connectivity index (χ1) is 40.2. The summed E-state index contributed by atoms with van der Waals surface area (Å²) >= 11 is 0. The van der Waals surface area contributed by atoms with Crippen molar-refractivity contribution in [2.75, 3.05) is 9.80 Å². The van der Waals surface area contributed by atoms with Crippen LogP contribution < -0.4 is 15.0 Å². The normalized spacial score (nSPS) is 14.4. The number of fused-ring (bicyclic) bond motifs is 21. The molecule has 0 N–H and O–H groups in total. The molecule has 82 heavy (non-hydrogen) atoms. The third kappa shape index (κ3) is 6.66. The summed E-state index contributed by atoms with van der Waals surface area (Å²) in [5.41, 5.74) is 20.7. The van der Waals surface area contributed by atoms with Crippen molar-refractivity contribution >= 4 is 124 Å². The molecule has 15 aromatic rings. The van der Waals surface area contributed by atoms with Crippen LogP contribution in [0.15, 0.2) is 264 Å². The van der Waals surface area contributed by atoms with E-state index in [1.54, 1.807) is 0 Å². The summed E-state index contributed by atoms with van der Waals surface area (Å²) in [5, 5.41) is 13.1. The van der Waals surface area contributed by atoms with Gasteiger partial charge in [-0.2, -0.15) is 0 Å². The number of hydrogen-bond donors (Lipinski definition) is 0. The minimum atomic E-state index is -1.58. The van der Waals surface area contributed by atoms with Gasteiger partial charge in [-0.15, -0.1) is 0 Å². The van der Waals surface area contributed by atoms with Crippen molar-refractivity contribution in [1.82, 2.24) is 0 Å². The highest BCUT2D eigenvalue weighted by Gasteiger charge is 2.53. The van der Waals surface area contributed by atoms with Crippen molar-refractivity contribution in [1.29, 1.82) is 0 Å². The van der Waals surface area contributed by atoms with Crippen LogP contribution in [0.25, 0.3) is 98.4 Å². The van der Waals surface area contributed by atoms with E-state index in [9.17, 15) is 0 Å². The molecule has 2 aliphatic carbocycles. The molecule has 388 valence electrons. The first kappa shape index (κ1) is 46.9. The number of anilines is 6. The smallest absolute Gasteiger partial charge is 0.159 e. The lowest BCUT2D eigenvalue weighted by atomic mass is 9.69. The Bertz CT molecular complexity index is 5180. The van der Waals surface area contributed by atoms with Gasteiger partial charge in [0.1, 0.15) is 11.2 Å². The SMILES string of the molecule is Cc1ccc(N(c2ccc3cc4c(cc3c2)C2(c3ccccc3-c3c2ccc2ccccc32)c2c-4ccc3cc(N(c4ccc([Si](C)(C)C)cc4)c4cccc5c4oc4ccccc45)ccc23)c2cccc3c2oc2ccccc23)cc1. The number of benzene rings is 13. The Hall–Kier alpha value is -9.94. The highest BCUT2D eigenvalue weighted by Crippen LogP contribution is 2.66. The van der Waals surface area contributed by atoms with Crippen LogP contribution in [-0.2, 0) is 5.41 Å². The fourth-order valence-electron chi connectivity index (χ4n) is 14.3. The number of rotatable bonds is 7. The second kappa shape index (κ2) is 17.3. The van der Waals surface area contributed by atoms with Crippen molar-refractivity contribution in [3.63, 3.8) is 0 Å². The molecule has 0 aliphatic heterocycles. The Morgan fingerprint density at radius 1 is 0.341 bits per heavy atom. The van der Waals surface area contributed by atoms with Gasteiger partial charge in [0, 0.05) is 44.3 Å². The van der Waals surface area contributed by atoms with Gasteiger partial charge in [-0.1, -0.05) is 200 Å². The van der Waals surface area contributed by atoms with E-state index in [1.807, 2.05) is 6.07 Å². The average molecular weight is 1070 g/mol. The zero-order chi connectivity index (χ0) is 54.6. The third-order valence-corrected chi connectivity index (χ3v) is 20.1. The van der Waals surface area contributed by atoms with Crippen LogP contribution >= 0.6 is 0 Å². The monoisotopic (exact) mass is 1070 g/mol. The van der Waals surface area contributed by atoms with Crippen molar-refractivity contribution in [2.45, 2.75) is 32.0 Å². The molecule has 0 radical (unpaired) electrons. The lowest BCUT2D eigenvalue weighted by Gasteiger charge is -2.32. The quantitative estimate of drug-likeness (QED) is 0.149. The number of furan rings is 2. The molecule has 0 fully saturated rings. The van der Waals surface area contributed by atoms with E-state index in [1.165, 1.54) is 87.6 Å². The Morgan fingerprint density at radius 2 is 0.890 bits per heavy atom. The van der Waals surface area contributed by atoms with Crippen LogP contribution in [-0.4, -0.2) is 8.07 Å². The van der Waals surface area contributed by atoms with Crippen molar-refractivity contribution < 1.29 is 8.83 Å². The summed E-state index contributed by atoms with van der Waals surface area (Å²) < 4.78 is 13.6. The Morgan fingerprint density at radius 3 is 1.57 bits per heavy atom. The Kier molecular flexibility index (Phi) is 9.89. The molecule has 2 aliphatic rings. The summed E-state index contributed by atoms with van der Waals surface area (Å²) in [6, 6.07) is 94.9. The van der Waals surface area contributed by atoms with E-state index in [4.69, 9.17) is 8.83 Å². The van der Waals surface area contributed by atoms with E-state index >= 15 is 0 Å². The first-order valence-electron chi connectivity index (χ1n) is 28.6. The fraction of sp³-hybridized carbons (Fsp3) is 0.0649. The lowest BCUT2D eigenvalue weighted by Crippen LogP contribution is -2.37. The molecular formula is C77H54N2O2Si.